The van der Waals surface area contributed by atoms with Gasteiger partial charge >= 0.3 is 15.2 Å². The fraction of sp³-hybridized carbons (Fsp3) is 0.700. The summed E-state index contributed by atoms with van der Waals surface area (Å²) in [6.45, 7) is 2.51. The number of aromatic nitrogens is 2. The van der Waals surface area contributed by atoms with Crippen molar-refractivity contribution < 1.29 is 37.6 Å². The van der Waals surface area contributed by atoms with Crippen molar-refractivity contribution in [1.82, 2.24) is 15.3 Å². The van der Waals surface area contributed by atoms with E-state index in [-0.39, 0.29) is 35.9 Å². The van der Waals surface area contributed by atoms with E-state index in [2.05, 4.69) is 10.6 Å². The molecule has 296 valence electrons. The molecule has 4 N–H and O–H groups in total. The molecular formula is C40H58N4O8P2. The minimum Gasteiger partial charge on any atom is -0.324 e. The van der Waals surface area contributed by atoms with Gasteiger partial charge in [-0.3, -0.25) is 18.7 Å². The van der Waals surface area contributed by atoms with Crippen molar-refractivity contribution in [3.63, 3.8) is 0 Å². The third kappa shape index (κ3) is 10.1. The van der Waals surface area contributed by atoms with Gasteiger partial charge in [-0.15, -0.1) is 0 Å². The Balaban J connectivity index is 0.921. The first-order valence-corrected chi connectivity index (χ1v) is 24.4. The summed E-state index contributed by atoms with van der Waals surface area (Å²) in [5.41, 5.74) is 4.22. The van der Waals surface area contributed by atoms with Crippen LogP contribution in [0.4, 0.5) is 5.69 Å². The fourth-order valence-electron chi connectivity index (χ4n) is 10.2. The SMILES string of the molecule is CP(=O)(O)OC1CCC(C2CCC(C(=O)NC3=CCCc4nc5cccc(NC(=O)C6CCC(C7CCC(OP(C)(=O)O)CC7)CC6)c5nc43)CC2)CC1. The van der Waals surface area contributed by atoms with Crippen molar-refractivity contribution in [3.05, 3.63) is 35.7 Å². The molecule has 7 rings (SSSR count). The minimum absolute atomic E-state index is 0.0113. The standard InChI is InChI=1S/C40H58N4O8P2/c1-53(47,48)51-31-21-17-27(18-22-31)25-9-13-29(14-10-25)39(45)42-35-7-3-5-33-37(35)44-38-34(41-33)6-4-8-36(38)43-40(46)30-15-11-26(12-16-30)28-19-23-32(24-20-28)52-54(2,49)50/h3,5,7-8,25-32H,4,6,9-24H2,1-2H3,(H,42,45)(H,43,46)(H,47,48)(H,49,50). The van der Waals surface area contributed by atoms with Gasteiger partial charge in [-0.05, 0) is 151 Å². The number of benzene rings is 1. The number of rotatable bonds is 10. The number of nitrogens with one attached hydrogen (secondary N) is 2. The summed E-state index contributed by atoms with van der Waals surface area (Å²) in [5.74, 6) is 2.21. The summed E-state index contributed by atoms with van der Waals surface area (Å²) in [7, 11) is -6.93. The van der Waals surface area contributed by atoms with E-state index in [4.69, 9.17) is 19.0 Å². The molecule has 1 aromatic carbocycles. The van der Waals surface area contributed by atoms with Gasteiger partial charge in [0, 0.05) is 25.2 Å². The Morgan fingerprint density at radius 1 is 0.667 bits per heavy atom. The summed E-state index contributed by atoms with van der Waals surface area (Å²) in [6.07, 6.45) is 17.9. The van der Waals surface area contributed by atoms with Crippen LogP contribution >= 0.6 is 15.2 Å². The van der Waals surface area contributed by atoms with Crippen LogP contribution in [0.1, 0.15) is 121 Å². The molecule has 0 spiro atoms. The maximum absolute atomic E-state index is 13.6. The van der Waals surface area contributed by atoms with Crippen molar-refractivity contribution in [2.75, 3.05) is 18.6 Å². The van der Waals surface area contributed by atoms with Crippen molar-refractivity contribution >= 4 is 49.4 Å². The molecule has 12 nitrogen and oxygen atoms in total. The van der Waals surface area contributed by atoms with E-state index in [0.29, 0.717) is 46.3 Å². The number of allylic oxidation sites excluding steroid dienone is 1. The Labute approximate surface area is 319 Å². The average Bonchev–Trinajstić information content (AvgIpc) is 3.14. The number of fused-ring (bicyclic) bond motifs is 2. The highest BCUT2D eigenvalue weighted by atomic mass is 31.2. The number of carbonyl (C=O) groups excluding carboxylic acids is 2. The molecule has 2 atom stereocenters. The van der Waals surface area contributed by atoms with E-state index in [1.165, 1.54) is 13.3 Å². The second-order valence-electron chi connectivity index (χ2n) is 16.9. The minimum atomic E-state index is -3.47. The molecule has 5 aliphatic rings. The van der Waals surface area contributed by atoms with E-state index in [1.54, 1.807) is 0 Å². The lowest BCUT2D eigenvalue weighted by molar-refractivity contribution is -0.125. The number of para-hydroxylation sites is 1. The topological polar surface area (TPSA) is 177 Å². The molecule has 14 heteroatoms. The van der Waals surface area contributed by atoms with Crippen LogP contribution in [0.2, 0.25) is 0 Å². The van der Waals surface area contributed by atoms with Gasteiger partial charge in [0.25, 0.3) is 0 Å². The van der Waals surface area contributed by atoms with Gasteiger partial charge in [0.1, 0.15) is 11.2 Å². The van der Waals surface area contributed by atoms with Crippen molar-refractivity contribution in [3.8, 4) is 0 Å². The monoisotopic (exact) mass is 784 g/mol. The van der Waals surface area contributed by atoms with E-state index < -0.39 is 15.2 Å². The van der Waals surface area contributed by atoms with Crippen LogP contribution in [0.3, 0.4) is 0 Å². The van der Waals surface area contributed by atoms with Gasteiger partial charge in [0.15, 0.2) is 0 Å². The maximum atomic E-state index is 13.6. The Bertz CT molecular complexity index is 1790. The molecule has 2 aromatic rings. The van der Waals surface area contributed by atoms with Gasteiger partial charge < -0.3 is 29.5 Å². The molecule has 0 radical (unpaired) electrons. The summed E-state index contributed by atoms with van der Waals surface area (Å²) in [5, 5.41) is 6.41. The number of carbonyl (C=O) groups is 2. The molecule has 5 aliphatic carbocycles. The van der Waals surface area contributed by atoms with Gasteiger partial charge in [0.05, 0.1) is 34.8 Å². The first kappa shape index (κ1) is 39.8. The van der Waals surface area contributed by atoms with Crippen LogP contribution in [0.25, 0.3) is 16.7 Å². The van der Waals surface area contributed by atoms with Crippen LogP contribution in [0.15, 0.2) is 24.3 Å². The van der Waals surface area contributed by atoms with Crippen LogP contribution in [-0.2, 0) is 34.2 Å². The van der Waals surface area contributed by atoms with Gasteiger partial charge in [0.2, 0.25) is 11.8 Å². The van der Waals surface area contributed by atoms with Crippen LogP contribution in [0.5, 0.6) is 0 Å². The van der Waals surface area contributed by atoms with Gasteiger partial charge in [-0.1, -0.05) is 12.1 Å². The predicted molar refractivity (Wildman–Crippen MR) is 209 cm³/mol. The van der Waals surface area contributed by atoms with E-state index >= 15 is 0 Å². The second kappa shape index (κ2) is 17.0. The summed E-state index contributed by atoms with van der Waals surface area (Å²) < 4.78 is 34.1. The molecule has 2 amide bonds. The maximum Gasteiger partial charge on any atom is 0.325 e. The lowest BCUT2D eigenvalue weighted by atomic mass is 9.70. The molecule has 4 fully saturated rings. The van der Waals surface area contributed by atoms with E-state index in [1.807, 2.05) is 24.3 Å². The number of anilines is 1. The largest absolute Gasteiger partial charge is 0.325 e. The Hall–Kier alpha value is -2.46. The number of nitrogens with zero attached hydrogens (tertiary/aromatic N) is 2. The molecular weight excluding hydrogens is 726 g/mol. The zero-order valence-corrected chi connectivity index (χ0v) is 33.6. The first-order chi connectivity index (χ1) is 25.8. The zero-order chi connectivity index (χ0) is 38.0. The normalized spacial score (nSPS) is 32.7. The van der Waals surface area contributed by atoms with Crippen LogP contribution in [-0.4, -0.2) is 57.1 Å². The molecule has 0 saturated heterocycles. The van der Waals surface area contributed by atoms with Crippen molar-refractivity contribution in [2.45, 2.75) is 128 Å². The first-order valence-electron chi connectivity index (χ1n) is 20.4. The Kier molecular flexibility index (Phi) is 12.5. The number of aryl methyl sites for hydroxylation is 1. The Morgan fingerprint density at radius 3 is 1.61 bits per heavy atom. The number of hydrogen-bond donors (Lipinski definition) is 4. The zero-order valence-electron chi connectivity index (χ0n) is 31.8. The quantitative estimate of drug-likeness (QED) is 0.171. The van der Waals surface area contributed by atoms with Gasteiger partial charge in [-0.2, -0.15) is 0 Å². The molecule has 4 saturated carbocycles. The third-order valence-electron chi connectivity index (χ3n) is 13.0. The second-order valence-corrected chi connectivity index (χ2v) is 20.6. The highest BCUT2D eigenvalue weighted by molar-refractivity contribution is 7.52. The highest BCUT2D eigenvalue weighted by Crippen LogP contribution is 2.47. The number of hydrogen-bond acceptors (Lipinski definition) is 8. The average molecular weight is 785 g/mol. The molecule has 0 bridgehead atoms. The van der Waals surface area contributed by atoms with Gasteiger partial charge in [-0.25, -0.2) is 9.97 Å². The summed E-state index contributed by atoms with van der Waals surface area (Å²) in [6, 6.07) is 5.71. The number of amides is 2. The van der Waals surface area contributed by atoms with Crippen molar-refractivity contribution in [2.24, 2.45) is 35.5 Å². The highest BCUT2D eigenvalue weighted by Gasteiger charge is 2.36. The van der Waals surface area contributed by atoms with Crippen LogP contribution in [0, 0.1) is 35.5 Å². The molecule has 0 aliphatic heterocycles. The summed E-state index contributed by atoms with van der Waals surface area (Å²) in [4.78, 5) is 56.4. The Morgan fingerprint density at radius 2 is 1.13 bits per heavy atom. The molecule has 2 unspecified atom stereocenters. The third-order valence-corrected chi connectivity index (χ3v) is 14.4. The smallest absolute Gasteiger partial charge is 0.324 e. The van der Waals surface area contributed by atoms with Crippen LogP contribution < -0.4 is 10.6 Å². The fourth-order valence-corrected chi connectivity index (χ4v) is 11.8. The molecule has 1 heterocycles. The molecule has 54 heavy (non-hydrogen) atoms. The lowest BCUT2D eigenvalue weighted by Gasteiger charge is -2.37. The van der Waals surface area contributed by atoms with E-state index in [9.17, 15) is 28.5 Å². The molecule has 1 aromatic heterocycles. The predicted octanol–water partition coefficient (Wildman–Crippen LogP) is 8.37. The lowest BCUT2D eigenvalue weighted by Crippen LogP contribution is -2.35. The summed E-state index contributed by atoms with van der Waals surface area (Å²) >= 11 is 0. The van der Waals surface area contributed by atoms with E-state index in [0.717, 1.165) is 127 Å². The van der Waals surface area contributed by atoms with Crippen molar-refractivity contribution in [1.29, 1.82) is 0 Å².